The molecule has 0 heterocycles. The molecule has 2 atom stereocenters. The highest BCUT2D eigenvalue weighted by molar-refractivity contribution is 5.85. The Labute approximate surface area is 103 Å². The molecule has 0 aliphatic heterocycles. The van der Waals surface area contributed by atoms with E-state index in [1.165, 1.54) is 0 Å². The number of carbonyl (C=O) groups is 1. The molecule has 0 aromatic rings. The summed E-state index contributed by atoms with van der Waals surface area (Å²) >= 11 is 0. The van der Waals surface area contributed by atoms with Crippen LogP contribution in [0.1, 0.15) is 46.0 Å². The standard InChI is InChI=1S/C13H22N2O2/c1-4-13(5-2,9-14)12(16)15-10-6-7-11(8-10)17-3/h10-11H,4-8H2,1-3H3,(H,15,16). The Bertz CT molecular complexity index is 305. The number of hydrogen-bond acceptors (Lipinski definition) is 3. The third-order valence-electron chi connectivity index (χ3n) is 3.91. The van der Waals surface area contributed by atoms with E-state index in [1.807, 2.05) is 13.8 Å². The molecule has 0 aromatic carbocycles. The predicted octanol–water partition coefficient (Wildman–Crippen LogP) is 2.00. The number of nitrogens with one attached hydrogen (secondary N) is 1. The van der Waals surface area contributed by atoms with Gasteiger partial charge in [0, 0.05) is 13.2 Å². The minimum atomic E-state index is -0.856. The zero-order valence-electron chi connectivity index (χ0n) is 11.0. The summed E-state index contributed by atoms with van der Waals surface area (Å²) in [5, 5.41) is 12.2. The molecular formula is C13H22N2O2. The lowest BCUT2D eigenvalue weighted by atomic mass is 9.83. The van der Waals surface area contributed by atoms with Gasteiger partial charge in [0.1, 0.15) is 5.41 Å². The Morgan fingerprint density at radius 1 is 1.47 bits per heavy atom. The number of rotatable bonds is 5. The number of hydrogen-bond donors (Lipinski definition) is 1. The monoisotopic (exact) mass is 238 g/mol. The molecule has 0 saturated heterocycles. The molecule has 1 N–H and O–H groups in total. The van der Waals surface area contributed by atoms with Crippen molar-refractivity contribution in [1.29, 1.82) is 5.26 Å². The Morgan fingerprint density at radius 3 is 2.53 bits per heavy atom. The topological polar surface area (TPSA) is 62.1 Å². The van der Waals surface area contributed by atoms with Crippen LogP contribution in [0.15, 0.2) is 0 Å². The third-order valence-corrected chi connectivity index (χ3v) is 3.91. The van der Waals surface area contributed by atoms with Crippen LogP contribution in [0, 0.1) is 16.7 Å². The van der Waals surface area contributed by atoms with Crippen LogP contribution in [0.4, 0.5) is 0 Å². The second kappa shape index (κ2) is 6.02. The molecule has 96 valence electrons. The van der Waals surface area contributed by atoms with Crippen molar-refractivity contribution in [3.05, 3.63) is 0 Å². The fourth-order valence-electron chi connectivity index (χ4n) is 2.39. The second-order valence-electron chi connectivity index (χ2n) is 4.74. The third kappa shape index (κ3) is 2.98. The minimum Gasteiger partial charge on any atom is -0.381 e. The summed E-state index contributed by atoms with van der Waals surface area (Å²) < 4.78 is 5.27. The summed E-state index contributed by atoms with van der Waals surface area (Å²) in [6, 6.07) is 2.34. The van der Waals surface area contributed by atoms with E-state index in [9.17, 15) is 10.1 Å². The largest absolute Gasteiger partial charge is 0.381 e. The lowest BCUT2D eigenvalue weighted by Gasteiger charge is -2.24. The van der Waals surface area contributed by atoms with E-state index in [1.54, 1.807) is 7.11 Å². The maximum absolute atomic E-state index is 12.1. The van der Waals surface area contributed by atoms with Gasteiger partial charge in [-0.25, -0.2) is 0 Å². The molecular weight excluding hydrogens is 216 g/mol. The van der Waals surface area contributed by atoms with E-state index in [-0.39, 0.29) is 18.1 Å². The van der Waals surface area contributed by atoms with Gasteiger partial charge in [0.25, 0.3) is 0 Å². The lowest BCUT2D eigenvalue weighted by Crippen LogP contribution is -2.44. The van der Waals surface area contributed by atoms with Gasteiger partial charge in [-0.2, -0.15) is 5.26 Å². The van der Waals surface area contributed by atoms with Gasteiger partial charge in [0.15, 0.2) is 0 Å². The van der Waals surface area contributed by atoms with E-state index in [4.69, 9.17) is 4.74 Å². The van der Waals surface area contributed by atoms with Crippen molar-refractivity contribution >= 4 is 5.91 Å². The molecule has 1 aliphatic carbocycles. The molecule has 1 fully saturated rings. The van der Waals surface area contributed by atoms with Crippen LogP contribution in [0.3, 0.4) is 0 Å². The molecule has 1 amide bonds. The first kappa shape index (κ1) is 14.0. The zero-order chi connectivity index (χ0) is 12.9. The first-order chi connectivity index (χ1) is 8.11. The number of carbonyl (C=O) groups excluding carboxylic acids is 1. The van der Waals surface area contributed by atoms with E-state index in [2.05, 4.69) is 11.4 Å². The highest BCUT2D eigenvalue weighted by Gasteiger charge is 2.37. The first-order valence-electron chi connectivity index (χ1n) is 6.36. The number of methoxy groups -OCH3 is 1. The van der Waals surface area contributed by atoms with E-state index >= 15 is 0 Å². The van der Waals surface area contributed by atoms with Crippen molar-refractivity contribution in [3.63, 3.8) is 0 Å². The summed E-state index contributed by atoms with van der Waals surface area (Å²) in [5.74, 6) is -0.119. The van der Waals surface area contributed by atoms with Crippen molar-refractivity contribution in [1.82, 2.24) is 5.32 Å². The highest BCUT2D eigenvalue weighted by Crippen LogP contribution is 2.28. The molecule has 4 heteroatoms. The van der Waals surface area contributed by atoms with Gasteiger partial charge in [-0.1, -0.05) is 13.8 Å². The summed E-state index contributed by atoms with van der Waals surface area (Å²) in [6.07, 6.45) is 4.16. The van der Waals surface area contributed by atoms with Gasteiger partial charge in [-0.15, -0.1) is 0 Å². The average molecular weight is 238 g/mol. The Kier molecular flexibility index (Phi) is 4.95. The molecule has 0 aromatic heterocycles. The van der Waals surface area contributed by atoms with E-state index < -0.39 is 5.41 Å². The van der Waals surface area contributed by atoms with Crippen LogP contribution in [0.5, 0.6) is 0 Å². The molecule has 0 radical (unpaired) electrons. The van der Waals surface area contributed by atoms with Gasteiger partial charge < -0.3 is 10.1 Å². The Morgan fingerprint density at radius 2 is 2.12 bits per heavy atom. The Balaban J connectivity index is 2.57. The summed E-state index contributed by atoms with van der Waals surface area (Å²) in [6.45, 7) is 3.78. The lowest BCUT2D eigenvalue weighted by molar-refractivity contribution is -0.129. The number of ether oxygens (including phenoxy) is 1. The fraction of sp³-hybridized carbons (Fsp3) is 0.846. The van der Waals surface area contributed by atoms with Gasteiger partial charge >= 0.3 is 0 Å². The smallest absolute Gasteiger partial charge is 0.240 e. The molecule has 17 heavy (non-hydrogen) atoms. The van der Waals surface area contributed by atoms with Gasteiger partial charge in [0.05, 0.1) is 12.2 Å². The summed E-state index contributed by atoms with van der Waals surface area (Å²) in [5.41, 5.74) is -0.856. The van der Waals surface area contributed by atoms with E-state index in [0.717, 1.165) is 19.3 Å². The number of nitriles is 1. The molecule has 1 aliphatic rings. The van der Waals surface area contributed by atoms with Crippen LogP contribution in [0.2, 0.25) is 0 Å². The van der Waals surface area contributed by atoms with Crippen molar-refractivity contribution in [2.24, 2.45) is 5.41 Å². The second-order valence-corrected chi connectivity index (χ2v) is 4.74. The SMILES string of the molecule is CCC(C#N)(CC)C(=O)NC1CCC(OC)C1. The summed E-state index contributed by atoms with van der Waals surface area (Å²) in [4.78, 5) is 12.1. The normalized spacial score (nSPS) is 24.4. The molecule has 4 nitrogen and oxygen atoms in total. The number of nitrogens with zero attached hydrogens (tertiary/aromatic N) is 1. The van der Waals surface area contributed by atoms with Crippen molar-refractivity contribution in [3.8, 4) is 6.07 Å². The molecule has 1 rings (SSSR count). The van der Waals surface area contributed by atoms with Crippen LogP contribution in [-0.4, -0.2) is 25.2 Å². The first-order valence-corrected chi connectivity index (χ1v) is 6.36. The van der Waals surface area contributed by atoms with Gasteiger partial charge in [0.2, 0.25) is 5.91 Å². The fourth-order valence-corrected chi connectivity index (χ4v) is 2.39. The highest BCUT2D eigenvalue weighted by atomic mass is 16.5. The summed E-state index contributed by atoms with van der Waals surface area (Å²) in [7, 11) is 1.70. The van der Waals surface area contributed by atoms with Crippen molar-refractivity contribution in [2.75, 3.05) is 7.11 Å². The van der Waals surface area contributed by atoms with Crippen LogP contribution in [-0.2, 0) is 9.53 Å². The van der Waals surface area contributed by atoms with E-state index in [0.29, 0.717) is 12.8 Å². The Hall–Kier alpha value is -1.08. The van der Waals surface area contributed by atoms with Crippen LogP contribution < -0.4 is 5.32 Å². The van der Waals surface area contributed by atoms with Crippen molar-refractivity contribution in [2.45, 2.75) is 58.1 Å². The quantitative estimate of drug-likeness (QED) is 0.796. The molecule has 0 spiro atoms. The van der Waals surface area contributed by atoms with Gasteiger partial charge in [-0.3, -0.25) is 4.79 Å². The zero-order valence-corrected chi connectivity index (χ0v) is 11.0. The minimum absolute atomic E-state index is 0.119. The predicted molar refractivity (Wildman–Crippen MR) is 65.2 cm³/mol. The molecule has 0 bridgehead atoms. The molecule has 1 saturated carbocycles. The van der Waals surface area contributed by atoms with Crippen molar-refractivity contribution < 1.29 is 9.53 Å². The number of amides is 1. The van der Waals surface area contributed by atoms with Crippen LogP contribution >= 0.6 is 0 Å². The maximum Gasteiger partial charge on any atom is 0.240 e. The van der Waals surface area contributed by atoms with Crippen LogP contribution in [0.25, 0.3) is 0 Å². The molecule has 2 unspecified atom stereocenters. The maximum atomic E-state index is 12.1. The van der Waals surface area contributed by atoms with Gasteiger partial charge in [-0.05, 0) is 32.1 Å². The average Bonchev–Trinajstić information content (AvgIpc) is 2.80.